The van der Waals surface area contributed by atoms with Gasteiger partial charge in [0.05, 0.1) is 20.4 Å². The van der Waals surface area contributed by atoms with Gasteiger partial charge in [0.15, 0.2) is 5.82 Å². The fourth-order valence-electron chi connectivity index (χ4n) is 1.99. The number of methoxy groups -OCH3 is 2. The molecule has 0 aliphatic carbocycles. The van der Waals surface area contributed by atoms with Crippen molar-refractivity contribution in [3.63, 3.8) is 0 Å². The van der Waals surface area contributed by atoms with E-state index >= 15 is 0 Å². The molecule has 124 valence electrons. The van der Waals surface area contributed by atoms with E-state index in [9.17, 15) is 8.78 Å². The Labute approximate surface area is 135 Å². The van der Waals surface area contributed by atoms with E-state index in [4.69, 9.17) is 9.47 Å². The lowest BCUT2D eigenvalue weighted by Crippen LogP contribution is -2.07. The molecule has 1 aromatic carbocycles. The summed E-state index contributed by atoms with van der Waals surface area (Å²) in [6, 6.07) is 3.62. The van der Waals surface area contributed by atoms with Crippen LogP contribution in [0.3, 0.4) is 0 Å². The van der Waals surface area contributed by atoms with Crippen LogP contribution in [-0.4, -0.2) is 44.4 Å². The molecule has 0 spiro atoms. The minimum absolute atomic E-state index is 0.121. The molecule has 2 aromatic heterocycles. The Morgan fingerprint density at radius 3 is 2.54 bits per heavy atom. The second-order valence-corrected chi connectivity index (χ2v) is 4.62. The quantitative estimate of drug-likeness (QED) is 0.695. The number of halogens is 2. The summed E-state index contributed by atoms with van der Waals surface area (Å²) in [5.74, 6) is -0.675. The van der Waals surface area contributed by atoms with Crippen LogP contribution in [0.25, 0.3) is 5.82 Å². The average Bonchev–Trinajstić information content (AvgIpc) is 3.06. The van der Waals surface area contributed by atoms with Gasteiger partial charge in [-0.1, -0.05) is 6.07 Å². The lowest BCUT2D eigenvalue weighted by Gasteiger charge is -2.05. The SMILES string of the molecule is COc1cnc(-n2nnc(Cc3c(F)cccc3F)n2)c(OC)n1. The van der Waals surface area contributed by atoms with Gasteiger partial charge in [0.1, 0.15) is 11.6 Å². The summed E-state index contributed by atoms with van der Waals surface area (Å²) >= 11 is 0. The number of rotatable bonds is 5. The smallest absolute Gasteiger partial charge is 0.264 e. The highest BCUT2D eigenvalue weighted by molar-refractivity contribution is 5.34. The standard InChI is InChI=1S/C14H12F2N6O2/c1-23-12-7-17-13(14(18-12)24-2)22-20-11(19-21-22)6-8-9(15)4-3-5-10(8)16/h3-5,7H,6H2,1-2H3. The molecule has 3 aromatic rings. The van der Waals surface area contributed by atoms with Gasteiger partial charge < -0.3 is 9.47 Å². The molecular weight excluding hydrogens is 322 g/mol. The van der Waals surface area contributed by atoms with E-state index in [1.165, 1.54) is 38.6 Å². The minimum atomic E-state index is -0.673. The third kappa shape index (κ3) is 2.98. The lowest BCUT2D eigenvalue weighted by molar-refractivity contribution is 0.357. The highest BCUT2D eigenvalue weighted by Gasteiger charge is 2.17. The van der Waals surface area contributed by atoms with Crippen molar-refractivity contribution < 1.29 is 18.3 Å². The van der Waals surface area contributed by atoms with Crippen LogP contribution >= 0.6 is 0 Å². The van der Waals surface area contributed by atoms with Crippen molar-refractivity contribution in [2.75, 3.05) is 14.2 Å². The van der Waals surface area contributed by atoms with Crippen molar-refractivity contribution in [2.45, 2.75) is 6.42 Å². The topological polar surface area (TPSA) is 87.8 Å². The first kappa shape index (κ1) is 15.7. The molecular formula is C14H12F2N6O2. The van der Waals surface area contributed by atoms with Crippen molar-refractivity contribution in [1.29, 1.82) is 0 Å². The van der Waals surface area contributed by atoms with Gasteiger partial charge in [-0.05, 0) is 17.3 Å². The molecule has 0 saturated carbocycles. The maximum Gasteiger partial charge on any atom is 0.264 e. The highest BCUT2D eigenvalue weighted by Crippen LogP contribution is 2.20. The van der Waals surface area contributed by atoms with Crippen LogP contribution in [0.4, 0.5) is 8.78 Å². The van der Waals surface area contributed by atoms with E-state index in [-0.39, 0.29) is 35.4 Å². The molecule has 0 fully saturated rings. The van der Waals surface area contributed by atoms with Gasteiger partial charge >= 0.3 is 0 Å². The Kier molecular flexibility index (Phi) is 4.27. The first-order chi connectivity index (χ1) is 11.6. The summed E-state index contributed by atoms with van der Waals surface area (Å²) in [7, 11) is 2.84. The monoisotopic (exact) mass is 334 g/mol. The maximum absolute atomic E-state index is 13.7. The van der Waals surface area contributed by atoms with E-state index in [1.807, 2.05) is 0 Å². The number of tetrazole rings is 1. The van der Waals surface area contributed by atoms with E-state index in [2.05, 4.69) is 25.4 Å². The summed E-state index contributed by atoms with van der Waals surface area (Å²) < 4.78 is 37.4. The molecule has 3 rings (SSSR count). The molecule has 0 N–H and O–H groups in total. The molecule has 0 aliphatic heterocycles. The second kappa shape index (κ2) is 6.52. The summed E-state index contributed by atoms with van der Waals surface area (Å²) in [5.41, 5.74) is -0.134. The molecule has 0 amide bonds. The number of benzene rings is 1. The van der Waals surface area contributed by atoms with E-state index in [0.29, 0.717) is 0 Å². The Balaban J connectivity index is 1.91. The zero-order valence-corrected chi connectivity index (χ0v) is 12.8. The molecule has 0 aliphatic rings. The van der Waals surface area contributed by atoms with E-state index in [0.717, 1.165) is 4.80 Å². The average molecular weight is 334 g/mol. The lowest BCUT2D eigenvalue weighted by atomic mass is 10.1. The number of nitrogens with zero attached hydrogens (tertiary/aromatic N) is 6. The van der Waals surface area contributed by atoms with Crippen LogP contribution in [0.1, 0.15) is 11.4 Å². The highest BCUT2D eigenvalue weighted by atomic mass is 19.1. The normalized spacial score (nSPS) is 10.7. The van der Waals surface area contributed by atoms with Crippen molar-refractivity contribution in [3.8, 4) is 17.6 Å². The van der Waals surface area contributed by atoms with E-state index in [1.54, 1.807) is 0 Å². The summed E-state index contributed by atoms with van der Waals surface area (Å²) in [6.07, 6.45) is 1.21. The first-order valence-electron chi connectivity index (χ1n) is 6.79. The summed E-state index contributed by atoms with van der Waals surface area (Å²) in [5, 5.41) is 11.7. The zero-order valence-electron chi connectivity index (χ0n) is 12.8. The van der Waals surface area contributed by atoms with Crippen molar-refractivity contribution in [2.24, 2.45) is 0 Å². The summed E-state index contributed by atoms with van der Waals surface area (Å²) in [6.45, 7) is 0. The first-order valence-corrected chi connectivity index (χ1v) is 6.79. The largest absolute Gasteiger partial charge is 0.480 e. The molecule has 0 saturated heterocycles. The maximum atomic E-state index is 13.7. The predicted molar refractivity (Wildman–Crippen MR) is 77.0 cm³/mol. The van der Waals surface area contributed by atoms with E-state index < -0.39 is 11.6 Å². The molecule has 24 heavy (non-hydrogen) atoms. The third-order valence-electron chi connectivity index (χ3n) is 3.14. The van der Waals surface area contributed by atoms with Crippen LogP contribution in [0.5, 0.6) is 11.8 Å². The van der Waals surface area contributed by atoms with Crippen molar-refractivity contribution in [1.82, 2.24) is 30.2 Å². The predicted octanol–water partition coefficient (Wildman–Crippen LogP) is 1.34. The minimum Gasteiger partial charge on any atom is -0.480 e. The van der Waals surface area contributed by atoms with Crippen LogP contribution in [-0.2, 0) is 6.42 Å². The van der Waals surface area contributed by atoms with Crippen LogP contribution in [0.2, 0.25) is 0 Å². The molecule has 0 bridgehead atoms. The Bertz CT molecular complexity index is 850. The van der Waals surface area contributed by atoms with Gasteiger partial charge in [-0.25, -0.2) is 13.8 Å². The Morgan fingerprint density at radius 2 is 1.88 bits per heavy atom. The number of hydrogen-bond donors (Lipinski definition) is 0. The van der Waals surface area contributed by atoms with Crippen molar-refractivity contribution in [3.05, 3.63) is 47.4 Å². The van der Waals surface area contributed by atoms with Gasteiger partial charge in [0.2, 0.25) is 11.7 Å². The van der Waals surface area contributed by atoms with Gasteiger partial charge in [-0.15, -0.1) is 15.0 Å². The third-order valence-corrected chi connectivity index (χ3v) is 3.14. The second-order valence-electron chi connectivity index (χ2n) is 4.62. The van der Waals surface area contributed by atoms with Crippen molar-refractivity contribution >= 4 is 0 Å². The molecule has 0 unspecified atom stereocenters. The van der Waals surface area contributed by atoms with Crippen LogP contribution in [0, 0.1) is 11.6 Å². The van der Waals surface area contributed by atoms with Gasteiger partial charge in [0, 0.05) is 12.0 Å². The number of ether oxygens (including phenoxy) is 2. The van der Waals surface area contributed by atoms with Gasteiger partial charge in [-0.2, -0.15) is 4.98 Å². The molecule has 0 atom stereocenters. The van der Waals surface area contributed by atoms with Gasteiger partial charge in [-0.3, -0.25) is 0 Å². The fourth-order valence-corrected chi connectivity index (χ4v) is 1.99. The number of hydrogen-bond acceptors (Lipinski definition) is 7. The molecule has 0 radical (unpaired) electrons. The Hall–Kier alpha value is -3.17. The summed E-state index contributed by atoms with van der Waals surface area (Å²) in [4.78, 5) is 9.20. The molecule has 2 heterocycles. The zero-order chi connectivity index (χ0) is 17.1. The molecule has 10 heteroatoms. The Morgan fingerprint density at radius 1 is 1.12 bits per heavy atom. The molecule has 8 nitrogen and oxygen atoms in total. The fraction of sp³-hybridized carbons (Fsp3) is 0.214. The van der Waals surface area contributed by atoms with Gasteiger partial charge in [0.25, 0.3) is 5.88 Å². The number of aromatic nitrogens is 6. The van der Waals surface area contributed by atoms with Crippen LogP contribution in [0.15, 0.2) is 24.4 Å². The van der Waals surface area contributed by atoms with Crippen LogP contribution < -0.4 is 9.47 Å².